The molecule has 0 amide bonds. The second-order valence-corrected chi connectivity index (χ2v) is 4.27. The van der Waals surface area contributed by atoms with Gasteiger partial charge in [0.2, 0.25) is 0 Å². The average Bonchev–Trinajstić information content (AvgIpc) is 2.69. The monoisotopic (exact) mass is 250 g/mol. The fourth-order valence-corrected chi connectivity index (χ4v) is 2.22. The van der Waals surface area contributed by atoms with Gasteiger partial charge in [0.25, 0.3) is 0 Å². The summed E-state index contributed by atoms with van der Waals surface area (Å²) in [6.45, 7) is 0. The van der Waals surface area contributed by atoms with Crippen LogP contribution in [0.5, 0.6) is 0 Å². The van der Waals surface area contributed by atoms with Crippen molar-refractivity contribution in [3.63, 3.8) is 0 Å². The lowest BCUT2D eigenvalue weighted by molar-refractivity contribution is 0.0696. The average molecular weight is 250 g/mol. The van der Waals surface area contributed by atoms with Crippen molar-refractivity contribution in [3.8, 4) is 0 Å². The summed E-state index contributed by atoms with van der Waals surface area (Å²) in [6.07, 6.45) is 4.47. The molecule has 0 saturated carbocycles. The molecule has 0 saturated heterocycles. The van der Waals surface area contributed by atoms with Crippen LogP contribution < -0.4 is 0 Å². The Bertz CT molecular complexity index is 526. The van der Waals surface area contributed by atoms with E-state index in [2.05, 4.69) is 15.1 Å². The van der Waals surface area contributed by atoms with Crippen LogP contribution in [-0.2, 0) is 12.8 Å². The predicted octanol–water partition coefficient (Wildman–Crippen LogP) is 1.20. The van der Waals surface area contributed by atoms with E-state index in [4.69, 9.17) is 5.11 Å². The lowest BCUT2D eigenvalue weighted by Crippen LogP contribution is -2.03. The fourth-order valence-electron chi connectivity index (χ4n) is 1.32. The first-order chi connectivity index (χ1) is 8.18. The number of carboxylic acids is 1. The van der Waals surface area contributed by atoms with Crippen LogP contribution >= 0.6 is 11.8 Å². The molecular formula is C10H10N4O2S. The second kappa shape index (κ2) is 4.96. The van der Waals surface area contributed by atoms with E-state index in [1.165, 1.54) is 24.3 Å². The van der Waals surface area contributed by atoms with Crippen LogP contribution in [0.15, 0.2) is 29.8 Å². The van der Waals surface area contributed by atoms with Gasteiger partial charge in [-0.05, 0) is 6.07 Å². The number of nitrogens with zero attached hydrogens (tertiary/aromatic N) is 4. The zero-order valence-corrected chi connectivity index (χ0v) is 9.89. The molecule has 0 bridgehead atoms. The van der Waals surface area contributed by atoms with E-state index in [1.54, 1.807) is 24.0 Å². The third-order valence-electron chi connectivity index (χ3n) is 2.20. The molecule has 17 heavy (non-hydrogen) atoms. The van der Waals surface area contributed by atoms with Crippen molar-refractivity contribution in [1.29, 1.82) is 0 Å². The summed E-state index contributed by atoms with van der Waals surface area (Å²) >= 11 is 1.45. The Hall–Kier alpha value is -1.89. The SMILES string of the molecule is Cn1ncc(C(=O)O)c1CSc1ccncn1. The van der Waals surface area contributed by atoms with Crippen LogP contribution in [-0.4, -0.2) is 30.8 Å². The highest BCUT2D eigenvalue weighted by molar-refractivity contribution is 7.98. The molecule has 0 unspecified atom stereocenters. The molecule has 88 valence electrons. The molecule has 0 aliphatic heterocycles. The topological polar surface area (TPSA) is 80.9 Å². The third kappa shape index (κ3) is 2.62. The maximum atomic E-state index is 11.0. The summed E-state index contributed by atoms with van der Waals surface area (Å²) in [5, 5.41) is 13.7. The largest absolute Gasteiger partial charge is 0.478 e. The Kier molecular flexibility index (Phi) is 3.38. The summed E-state index contributed by atoms with van der Waals surface area (Å²) in [5.74, 6) is -0.453. The summed E-state index contributed by atoms with van der Waals surface area (Å²) in [7, 11) is 1.72. The molecule has 2 rings (SSSR count). The number of hydrogen-bond donors (Lipinski definition) is 1. The van der Waals surface area contributed by atoms with Crippen molar-refractivity contribution in [2.24, 2.45) is 7.05 Å². The highest BCUT2D eigenvalue weighted by atomic mass is 32.2. The standard InChI is InChI=1S/C10H10N4O2S/c1-14-8(7(4-13-14)10(15)16)5-17-9-2-3-11-6-12-9/h2-4,6H,5H2,1H3,(H,15,16). The van der Waals surface area contributed by atoms with E-state index < -0.39 is 5.97 Å². The molecule has 2 heterocycles. The van der Waals surface area contributed by atoms with Gasteiger partial charge in [0.1, 0.15) is 11.9 Å². The van der Waals surface area contributed by atoms with Gasteiger partial charge in [-0.15, -0.1) is 0 Å². The highest BCUT2D eigenvalue weighted by Crippen LogP contribution is 2.21. The molecular weight excluding hydrogens is 240 g/mol. The first-order valence-electron chi connectivity index (χ1n) is 4.81. The Morgan fingerprint density at radius 2 is 2.41 bits per heavy atom. The van der Waals surface area contributed by atoms with E-state index in [1.807, 2.05) is 0 Å². The van der Waals surface area contributed by atoms with E-state index >= 15 is 0 Å². The number of carboxylic acid groups (broad SMARTS) is 1. The second-order valence-electron chi connectivity index (χ2n) is 3.27. The van der Waals surface area contributed by atoms with Crippen molar-refractivity contribution in [3.05, 3.63) is 36.0 Å². The van der Waals surface area contributed by atoms with Gasteiger partial charge in [-0.3, -0.25) is 4.68 Å². The number of aryl methyl sites for hydroxylation is 1. The van der Waals surface area contributed by atoms with E-state index in [0.717, 1.165) is 5.03 Å². The van der Waals surface area contributed by atoms with Gasteiger partial charge in [0.15, 0.2) is 0 Å². The minimum absolute atomic E-state index is 0.231. The molecule has 6 nitrogen and oxygen atoms in total. The van der Waals surface area contributed by atoms with Crippen LogP contribution in [0, 0.1) is 0 Å². The minimum Gasteiger partial charge on any atom is -0.478 e. The first-order valence-corrected chi connectivity index (χ1v) is 5.80. The van der Waals surface area contributed by atoms with Gasteiger partial charge < -0.3 is 5.11 Å². The summed E-state index contributed by atoms with van der Waals surface area (Å²) in [6, 6.07) is 1.78. The molecule has 2 aromatic rings. The summed E-state index contributed by atoms with van der Waals surface area (Å²) in [4.78, 5) is 18.8. The number of hydrogen-bond acceptors (Lipinski definition) is 5. The zero-order chi connectivity index (χ0) is 12.3. The smallest absolute Gasteiger partial charge is 0.339 e. The summed E-state index contributed by atoms with van der Waals surface area (Å²) < 4.78 is 1.57. The van der Waals surface area contributed by atoms with Crippen LogP contribution in [0.3, 0.4) is 0 Å². The first kappa shape index (κ1) is 11.6. The van der Waals surface area contributed by atoms with Crippen molar-refractivity contribution >= 4 is 17.7 Å². The maximum absolute atomic E-state index is 11.0. The molecule has 1 N–H and O–H groups in total. The van der Waals surface area contributed by atoms with Gasteiger partial charge in [0, 0.05) is 19.0 Å². The van der Waals surface area contributed by atoms with Crippen LogP contribution in [0.1, 0.15) is 16.1 Å². The molecule has 0 aromatic carbocycles. The van der Waals surface area contributed by atoms with Crippen molar-refractivity contribution in [2.45, 2.75) is 10.8 Å². The molecule has 0 aliphatic carbocycles. The molecule has 0 radical (unpaired) electrons. The van der Waals surface area contributed by atoms with Gasteiger partial charge in [0.05, 0.1) is 16.9 Å². The maximum Gasteiger partial charge on any atom is 0.339 e. The lowest BCUT2D eigenvalue weighted by atomic mass is 10.3. The molecule has 0 fully saturated rings. The number of rotatable bonds is 4. The number of thioether (sulfide) groups is 1. The number of carbonyl (C=O) groups is 1. The van der Waals surface area contributed by atoms with E-state index in [9.17, 15) is 4.79 Å². The van der Waals surface area contributed by atoms with Gasteiger partial charge in [-0.25, -0.2) is 14.8 Å². The van der Waals surface area contributed by atoms with Gasteiger partial charge >= 0.3 is 5.97 Å². The third-order valence-corrected chi connectivity index (χ3v) is 3.16. The molecule has 7 heteroatoms. The molecule has 0 spiro atoms. The van der Waals surface area contributed by atoms with Crippen LogP contribution in [0.4, 0.5) is 0 Å². The van der Waals surface area contributed by atoms with Crippen molar-refractivity contribution in [1.82, 2.24) is 19.7 Å². The van der Waals surface area contributed by atoms with Crippen LogP contribution in [0.2, 0.25) is 0 Å². The fraction of sp³-hybridized carbons (Fsp3) is 0.200. The zero-order valence-electron chi connectivity index (χ0n) is 9.07. The Balaban J connectivity index is 2.14. The number of aromatic nitrogens is 4. The normalized spacial score (nSPS) is 10.4. The van der Waals surface area contributed by atoms with E-state index in [0.29, 0.717) is 11.4 Å². The molecule has 0 aliphatic rings. The van der Waals surface area contributed by atoms with Gasteiger partial charge in [-0.2, -0.15) is 5.10 Å². The van der Waals surface area contributed by atoms with Crippen LogP contribution in [0.25, 0.3) is 0 Å². The highest BCUT2D eigenvalue weighted by Gasteiger charge is 2.15. The Labute approximate surface area is 102 Å². The molecule has 2 aromatic heterocycles. The van der Waals surface area contributed by atoms with Gasteiger partial charge in [-0.1, -0.05) is 11.8 Å². The van der Waals surface area contributed by atoms with Crippen molar-refractivity contribution < 1.29 is 9.90 Å². The quantitative estimate of drug-likeness (QED) is 0.648. The van der Waals surface area contributed by atoms with E-state index in [-0.39, 0.29) is 5.56 Å². The number of aromatic carboxylic acids is 1. The lowest BCUT2D eigenvalue weighted by Gasteiger charge is -2.03. The predicted molar refractivity (Wildman–Crippen MR) is 61.8 cm³/mol. The summed E-state index contributed by atoms with van der Waals surface area (Å²) in [5.41, 5.74) is 0.898. The molecule has 0 atom stereocenters. The Morgan fingerprint density at radius 3 is 3.06 bits per heavy atom. The van der Waals surface area contributed by atoms with Crippen molar-refractivity contribution in [2.75, 3.05) is 0 Å². The minimum atomic E-state index is -0.962. The Morgan fingerprint density at radius 1 is 1.59 bits per heavy atom.